The Bertz CT molecular complexity index is 817. The van der Waals surface area contributed by atoms with Crippen molar-refractivity contribution in [1.29, 1.82) is 0 Å². The molecule has 1 aromatic carbocycles. The molecule has 0 aliphatic carbocycles. The number of benzene rings is 1. The molecule has 0 N–H and O–H groups in total. The average molecular weight is 448 g/mol. The van der Waals surface area contributed by atoms with E-state index in [1.165, 1.54) is 0 Å². The molecule has 0 aliphatic heterocycles. The van der Waals surface area contributed by atoms with Crippen molar-refractivity contribution in [1.82, 2.24) is 4.90 Å². The fraction of sp³-hybridized carbons (Fsp3) is 0.478. The highest BCUT2D eigenvalue weighted by Gasteiger charge is 2.20. The SMILES string of the molecule is CC(=O)Cc1ccccc1O[C@H](CCN(C)C(=O)OCC[Si](C)(C)C)c1cccs1. The fourth-order valence-corrected chi connectivity index (χ4v) is 4.38. The van der Waals surface area contributed by atoms with Gasteiger partial charge in [0.2, 0.25) is 0 Å². The summed E-state index contributed by atoms with van der Waals surface area (Å²) < 4.78 is 11.8. The van der Waals surface area contributed by atoms with Crippen molar-refractivity contribution in [2.45, 2.75) is 51.6 Å². The molecular formula is C23H33NO4SSi. The van der Waals surface area contributed by atoms with Crippen LogP contribution in [0.3, 0.4) is 0 Å². The van der Waals surface area contributed by atoms with Gasteiger partial charge in [0.05, 0.1) is 6.61 Å². The Labute approximate surface area is 185 Å². The number of nitrogens with zero attached hydrogens (tertiary/aromatic N) is 1. The standard InChI is InChI=1S/C23H33NO4SSi/c1-18(25)17-19-9-6-7-10-20(19)28-21(22-11-8-15-29-22)12-13-24(2)23(26)27-14-16-30(3,4)5/h6-11,15,21H,12-14,16-17H2,1-5H3/t21-/m1/s1. The zero-order valence-electron chi connectivity index (χ0n) is 18.6. The molecule has 1 atom stereocenters. The largest absolute Gasteiger partial charge is 0.485 e. The zero-order chi connectivity index (χ0) is 22.1. The lowest BCUT2D eigenvalue weighted by Gasteiger charge is -2.23. The van der Waals surface area contributed by atoms with Crippen molar-refractivity contribution >= 4 is 31.3 Å². The molecule has 0 bridgehead atoms. The minimum Gasteiger partial charge on any atom is -0.485 e. The van der Waals surface area contributed by atoms with Gasteiger partial charge in [-0.25, -0.2) is 4.79 Å². The molecule has 0 aliphatic rings. The number of para-hydroxylation sites is 1. The number of hydrogen-bond acceptors (Lipinski definition) is 5. The highest BCUT2D eigenvalue weighted by molar-refractivity contribution is 7.10. The molecule has 0 unspecified atom stereocenters. The maximum Gasteiger partial charge on any atom is 0.409 e. The normalized spacial score (nSPS) is 12.3. The number of carbonyl (C=O) groups is 2. The summed E-state index contributed by atoms with van der Waals surface area (Å²) in [6.45, 7) is 9.36. The number of amides is 1. The van der Waals surface area contributed by atoms with E-state index in [2.05, 4.69) is 19.6 Å². The third-order valence-corrected chi connectivity index (χ3v) is 7.33. The fourth-order valence-electron chi connectivity index (χ4n) is 2.88. The molecule has 7 heteroatoms. The Kier molecular flexibility index (Phi) is 9.11. The highest BCUT2D eigenvalue weighted by Crippen LogP contribution is 2.30. The number of ketones is 1. The lowest BCUT2D eigenvalue weighted by atomic mass is 10.1. The molecule has 0 spiro atoms. The lowest BCUT2D eigenvalue weighted by Crippen LogP contribution is -2.31. The van der Waals surface area contributed by atoms with Crippen LogP contribution in [0.15, 0.2) is 41.8 Å². The summed E-state index contributed by atoms with van der Waals surface area (Å²) in [4.78, 5) is 26.6. The second-order valence-electron chi connectivity index (χ2n) is 8.74. The molecule has 1 amide bonds. The lowest BCUT2D eigenvalue weighted by molar-refractivity contribution is -0.116. The molecule has 0 saturated heterocycles. The van der Waals surface area contributed by atoms with Gasteiger partial charge < -0.3 is 14.4 Å². The van der Waals surface area contributed by atoms with Crippen molar-refractivity contribution in [2.24, 2.45) is 0 Å². The first-order valence-electron chi connectivity index (χ1n) is 10.3. The van der Waals surface area contributed by atoms with Crippen LogP contribution < -0.4 is 4.74 Å². The van der Waals surface area contributed by atoms with Gasteiger partial charge in [0.15, 0.2) is 0 Å². The van der Waals surface area contributed by atoms with E-state index in [1.54, 1.807) is 30.2 Å². The van der Waals surface area contributed by atoms with E-state index in [4.69, 9.17) is 9.47 Å². The summed E-state index contributed by atoms with van der Waals surface area (Å²) in [6, 6.07) is 12.6. The number of hydrogen-bond donors (Lipinski definition) is 0. The Balaban J connectivity index is 2.00. The van der Waals surface area contributed by atoms with Crippen molar-refractivity contribution in [2.75, 3.05) is 20.2 Å². The first-order chi connectivity index (χ1) is 14.2. The first-order valence-corrected chi connectivity index (χ1v) is 14.9. The number of thiophene rings is 1. The van der Waals surface area contributed by atoms with Crippen LogP contribution in [0, 0.1) is 0 Å². The monoisotopic (exact) mass is 447 g/mol. The van der Waals surface area contributed by atoms with Gasteiger partial charge in [-0.05, 0) is 30.5 Å². The molecule has 0 radical (unpaired) electrons. The van der Waals surface area contributed by atoms with Crippen LogP contribution in [0.4, 0.5) is 4.79 Å². The van der Waals surface area contributed by atoms with Crippen LogP contribution in [0.25, 0.3) is 0 Å². The van der Waals surface area contributed by atoms with Crippen molar-refractivity contribution in [3.05, 3.63) is 52.2 Å². The number of rotatable bonds is 11. The van der Waals surface area contributed by atoms with Crippen LogP contribution in [0.5, 0.6) is 5.75 Å². The molecular weight excluding hydrogens is 414 g/mol. The Morgan fingerprint density at radius 2 is 1.87 bits per heavy atom. The van der Waals surface area contributed by atoms with Gasteiger partial charge in [0, 0.05) is 44.9 Å². The summed E-state index contributed by atoms with van der Waals surface area (Å²) in [6.07, 6.45) is 0.482. The second kappa shape index (κ2) is 11.3. The molecule has 2 rings (SSSR count). The van der Waals surface area contributed by atoms with Crippen molar-refractivity contribution in [3.63, 3.8) is 0 Å². The minimum atomic E-state index is -1.23. The molecule has 30 heavy (non-hydrogen) atoms. The first kappa shape index (κ1) is 24.1. The van der Waals surface area contributed by atoms with E-state index < -0.39 is 8.07 Å². The third kappa shape index (κ3) is 8.32. The topological polar surface area (TPSA) is 55.8 Å². The molecule has 1 aromatic heterocycles. The van der Waals surface area contributed by atoms with Crippen molar-refractivity contribution < 1.29 is 19.1 Å². The van der Waals surface area contributed by atoms with Gasteiger partial charge >= 0.3 is 6.09 Å². The van der Waals surface area contributed by atoms with Gasteiger partial charge in [-0.1, -0.05) is 43.9 Å². The summed E-state index contributed by atoms with van der Waals surface area (Å²) in [5, 5.41) is 2.02. The molecule has 2 aromatic rings. The predicted molar refractivity (Wildman–Crippen MR) is 125 cm³/mol. The van der Waals surface area contributed by atoms with Gasteiger partial charge in [-0.2, -0.15) is 0 Å². The summed E-state index contributed by atoms with van der Waals surface area (Å²) in [5.41, 5.74) is 0.880. The quantitative estimate of drug-likeness (QED) is 0.409. The molecule has 0 fully saturated rings. The van der Waals surface area contributed by atoms with Crippen LogP contribution in [-0.2, 0) is 16.0 Å². The van der Waals surface area contributed by atoms with Crippen LogP contribution >= 0.6 is 11.3 Å². The smallest absolute Gasteiger partial charge is 0.409 e. The zero-order valence-corrected chi connectivity index (χ0v) is 20.5. The summed E-state index contributed by atoms with van der Waals surface area (Å²) in [7, 11) is 0.526. The van der Waals surface area contributed by atoms with Crippen LogP contribution in [0.1, 0.15) is 29.9 Å². The Morgan fingerprint density at radius 1 is 1.13 bits per heavy atom. The van der Waals surface area contributed by atoms with E-state index in [1.807, 2.05) is 41.8 Å². The minimum absolute atomic E-state index is 0.0968. The van der Waals surface area contributed by atoms with Gasteiger partial charge in [0.1, 0.15) is 17.6 Å². The van der Waals surface area contributed by atoms with Crippen LogP contribution in [0.2, 0.25) is 25.7 Å². The van der Waals surface area contributed by atoms with E-state index >= 15 is 0 Å². The van der Waals surface area contributed by atoms with Crippen LogP contribution in [-0.4, -0.2) is 45.0 Å². The number of Topliss-reactive ketones (excluding diaryl/α,β-unsaturated/α-hetero) is 1. The maximum atomic E-state index is 12.3. The molecule has 0 saturated carbocycles. The highest BCUT2D eigenvalue weighted by atomic mass is 32.1. The molecule has 164 valence electrons. The maximum absolute atomic E-state index is 12.3. The van der Waals surface area contributed by atoms with Crippen molar-refractivity contribution in [3.8, 4) is 5.75 Å². The van der Waals surface area contributed by atoms with E-state index in [0.717, 1.165) is 16.5 Å². The average Bonchev–Trinajstić information content (AvgIpc) is 3.19. The number of ether oxygens (including phenoxy) is 2. The predicted octanol–water partition coefficient (Wildman–Crippen LogP) is 5.80. The molecule has 5 nitrogen and oxygen atoms in total. The van der Waals surface area contributed by atoms with E-state index in [9.17, 15) is 9.59 Å². The summed E-state index contributed by atoms with van der Waals surface area (Å²) >= 11 is 1.62. The Morgan fingerprint density at radius 3 is 2.50 bits per heavy atom. The number of carbonyl (C=O) groups excluding carboxylic acids is 2. The Hall–Kier alpha value is -2.12. The third-order valence-electron chi connectivity index (χ3n) is 4.66. The van der Waals surface area contributed by atoms with Gasteiger partial charge in [-0.15, -0.1) is 11.3 Å². The van der Waals surface area contributed by atoms with E-state index in [0.29, 0.717) is 31.7 Å². The van der Waals surface area contributed by atoms with Gasteiger partial charge in [0.25, 0.3) is 0 Å². The summed E-state index contributed by atoms with van der Waals surface area (Å²) in [5.74, 6) is 0.811. The second-order valence-corrected chi connectivity index (χ2v) is 15.3. The van der Waals surface area contributed by atoms with Gasteiger partial charge in [-0.3, -0.25) is 4.79 Å². The molecule has 1 heterocycles. The van der Waals surface area contributed by atoms with E-state index in [-0.39, 0.29) is 18.0 Å².